The Balaban J connectivity index is 1.46. The smallest absolute Gasteiger partial charge is 0.411 e. The maximum atomic E-state index is 13.4. The van der Waals surface area contributed by atoms with Gasteiger partial charge in [0, 0.05) is 50.7 Å². The molecule has 2 amide bonds. The van der Waals surface area contributed by atoms with E-state index in [-0.39, 0.29) is 12.0 Å². The molecule has 0 aliphatic carbocycles. The van der Waals surface area contributed by atoms with Gasteiger partial charge in [0.1, 0.15) is 22.6 Å². The third-order valence-corrected chi connectivity index (χ3v) is 7.27. The Hall–Kier alpha value is -4.01. The molecule has 1 unspecified atom stereocenters. The van der Waals surface area contributed by atoms with Crippen molar-refractivity contribution in [3.05, 3.63) is 84.2 Å². The summed E-state index contributed by atoms with van der Waals surface area (Å²) in [4.78, 5) is 42.3. The lowest BCUT2D eigenvalue weighted by Gasteiger charge is -2.48. The highest BCUT2D eigenvalue weighted by Crippen LogP contribution is 2.52. The summed E-state index contributed by atoms with van der Waals surface area (Å²) in [5, 5.41) is 0. The summed E-state index contributed by atoms with van der Waals surface area (Å²) in [6.45, 7) is 3.26. The van der Waals surface area contributed by atoms with Crippen LogP contribution in [0, 0.1) is 0 Å². The number of rotatable bonds is 5. The van der Waals surface area contributed by atoms with Gasteiger partial charge in [-0.15, -0.1) is 0 Å². The summed E-state index contributed by atoms with van der Waals surface area (Å²) >= 11 is 0. The molecule has 180 valence electrons. The van der Waals surface area contributed by atoms with Crippen LogP contribution in [0.4, 0.5) is 4.79 Å². The van der Waals surface area contributed by atoms with E-state index in [0.717, 1.165) is 16.9 Å². The molecule has 2 aromatic heterocycles. The van der Waals surface area contributed by atoms with Crippen molar-refractivity contribution in [2.45, 2.75) is 37.5 Å². The molecule has 2 aliphatic heterocycles. The van der Waals surface area contributed by atoms with E-state index in [1.807, 2.05) is 43.3 Å². The Morgan fingerprint density at radius 3 is 2.57 bits per heavy atom. The molecular weight excluding hydrogens is 446 g/mol. The van der Waals surface area contributed by atoms with Crippen LogP contribution < -0.4 is 4.74 Å². The molecule has 35 heavy (non-hydrogen) atoms. The van der Waals surface area contributed by atoms with Crippen molar-refractivity contribution in [1.29, 1.82) is 0 Å². The number of hydrogen-bond acceptors (Lipinski definition) is 7. The fourth-order valence-electron chi connectivity index (χ4n) is 5.23. The average molecular weight is 474 g/mol. The van der Waals surface area contributed by atoms with E-state index in [1.54, 1.807) is 29.3 Å². The zero-order valence-corrected chi connectivity index (χ0v) is 19.8. The first-order valence-corrected chi connectivity index (χ1v) is 11.6. The first-order valence-electron chi connectivity index (χ1n) is 11.6. The van der Waals surface area contributed by atoms with Gasteiger partial charge in [0.25, 0.3) is 5.91 Å². The van der Waals surface area contributed by atoms with E-state index < -0.39 is 11.1 Å². The Kier molecular flexibility index (Phi) is 5.84. The lowest BCUT2D eigenvalue weighted by atomic mass is 9.70. The van der Waals surface area contributed by atoms with E-state index >= 15 is 0 Å². The van der Waals surface area contributed by atoms with Gasteiger partial charge in [-0.25, -0.2) is 9.78 Å². The minimum Gasteiger partial charge on any atom is -0.497 e. The maximum Gasteiger partial charge on any atom is 0.411 e. The summed E-state index contributed by atoms with van der Waals surface area (Å²) in [7, 11) is 1.62. The number of likely N-dealkylation sites (tertiary alicyclic amines) is 1. The normalized spacial score (nSPS) is 21.1. The molecule has 2 fully saturated rings. The van der Waals surface area contributed by atoms with Gasteiger partial charge in [-0.05, 0) is 36.2 Å². The van der Waals surface area contributed by atoms with Gasteiger partial charge in [-0.2, -0.15) is 0 Å². The summed E-state index contributed by atoms with van der Waals surface area (Å²) in [5.41, 5.74) is 0.529. The average Bonchev–Trinajstić information content (AvgIpc) is 3.11. The van der Waals surface area contributed by atoms with Gasteiger partial charge < -0.3 is 14.4 Å². The van der Waals surface area contributed by atoms with Crippen LogP contribution in [0.1, 0.15) is 41.4 Å². The van der Waals surface area contributed by atoms with Crippen LogP contribution in [-0.2, 0) is 16.8 Å². The number of benzene rings is 1. The molecule has 2 saturated heterocycles. The Morgan fingerprint density at radius 1 is 1.09 bits per heavy atom. The van der Waals surface area contributed by atoms with Crippen LogP contribution in [-0.4, -0.2) is 62.6 Å². The number of ether oxygens (including phenoxy) is 2. The second kappa shape index (κ2) is 8.98. The van der Waals surface area contributed by atoms with E-state index in [2.05, 4.69) is 15.0 Å². The number of nitrogens with zero attached hydrogens (tertiary/aromatic N) is 5. The lowest BCUT2D eigenvalue weighted by molar-refractivity contribution is -0.0553. The largest absolute Gasteiger partial charge is 0.497 e. The Labute approximate surface area is 203 Å². The second-order valence-corrected chi connectivity index (χ2v) is 9.00. The van der Waals surface area contributed by atoms with Crippen LogP contribution in [0.3, 0.4) is 0 Å². The monoisotopic (exact) mass is 473 g/mol. The number of carbonyl (C=O) groups excluding carboxylic acids is 2. The minimum absolute atomic E-state index is 0.173. The first kappa shape index (κ1) is 22.8. The lowest BCUT2D eigenvalue weighted by Crippen LogP contribution is -2.58. The number of hydrogen-bond donors (Lipinski definition) is 0. The first-order chi connectivity index (χ1) is 17.0. The highest BCUT2D eigenvalue weighted by molar-refractivity contribution is 5.92. The van der Waals surface area contributed by atoms with E-state index in [0.29, 0.717) is 38.2 Å². The zero-order chi connectivity index (χ0) is 24.5. The van der Waals surface area contributed by atoms with Gasteiger partial charge in [-0.1, -0.05) is 18.2 Å². The fraction of sp³-hybridized carbons (Fsp3) is 0.346. The van der Waals surface area contributed by atoms with E-state index in [4.69, 9.17) is 9.47 Å². The SMILES string of the molecule is COc1cccc(CN2C(=O)OC3(CCN(C(=O)c4cnccn4)CC3)C2(C)c2cccnc2)c1. The molecule has 4 heterocycles. The molecule has 9 heteroatoms. The Morgan fingerprint density at radius 2 is 1.89 bits per heavy atom. The predicted octanol–water partition coefficient (Wildman–Crippen LogP) is 3.42. The van der Waals surface area contributed by atoms with Gasteiger partial charge in [-0.3, -0.25) is 19.7 Å². The highest BCUT2D eigenvalue weighted by atomic mass is 16.6. The molecule has 3 aromatic rings. The van der Waals surface area contributed by atoms with Crippen molar-refractivity contribution in [1.82, 2.24) is 24.8 Å². The molecule has 0 bridgehead atoms. The van der Waals surface area contributed by atoms with Crippen LogP contribution in [0.2, 0.25) is 0 Å². The Bertz CT molecular complexity index is 1210. The third-order valence-electron chi connectivity index (χ3n) is 7.27. The quantitative estimate of drug-likeness (QED) is 0.560. The van der Waals surface area contributed by atoms with E-state index in [9.17, 15) is 9.59 Å². The van der Waals surface area contributed by atoms with Gasteiger partial charge >= 0.3 is 6.09 Å². The number of carbonyl (C=O) groups is 2. The summed E-state index contributed by atoms with van der Waals surface area (Å²) in [6, 6.07) is 11.5. The predicted molar refractivity (Wildman–Crippen MR) is 127 cm³/mol. The molecule has 9 nitrogen and oxygen atoms in total. The molecule has 0 radical (unpaired) electrons. The standard InChI is InChI=1S/C26H27N5O4/c1-25(20-6-4-10-27-16-20)26(8-13-30(14-9-26)23(32)22-17-28-11-12-29-22)35-24(33)31(25)18-19-5-3-7-21(15-19)34-2/h3-7,10-12,15-17H,8-9,13-14,18H2,1-2H3. The van der Waals surface area contributed by atoms with Crippen molar-refractivity contribution in [3.8, 4) is 5.75 Å². The number of methoxy groups -OCH3 is 1. The van der Waals surface area contributed by atoms with Crippen molar-refractivity contribution in [2.24, 2.45) is 0 Å². The second-order valence-electron chi connectivity index (χ2n) is 9.00. The molecule has 5 rings (SSSR count). The summed E-state index contributed by atoms with van der Waals surface area (Å²) < 4.78 is 11.6. The van der Waals surface area contributed by atoms with Crippen LogP contribution in [0.25, 0.3) is 0 Å². The number of aromatic nitrogens is 3. The molecule has 0 saturated carbocycles. The van der Waals surface area contributed by atoms with Crippen LogP contribution in [0.15, 0.2) is 67.4 Å². The van der Waals surface area contributed by atoms with E-state index in [1.165, 1.54) is 18.6 Å². The van der Waals surface area contributed by atoms with Crippen molar-refractivity contribution in [2.75, 3.05) is 20.2 Å². The summed E-state index contributed by atoms with van der Waals surface area (Å²) in [5.74, 6) is 0.553. The fourth-order valence-corrected chi connectivity index (χ4v) is 5.23. The summed E-state index contributed by atoms with van der Waals surface area (Å²) in [6.07, 6.45) is 8.62. The molecule has 2 aliphatic rings. The van der Waals surface area contributed by atoms with Crippen LogP contribution >= 0.6 is 0 Å². The van der Waals surface area contributed by atoms with Gasteiger partial charge in [0.15, 0.2) is 0 Å². The number of amides is 2. The topological polar surface area (TPSA) is 97.8 Å². The van der Waals surface area contributed by atoms with Crippen molar-refractivity contribution < 1.29 is 19.1 Å². The van der Waals surface area contributed by atoms with Gasteiger partial charge in [0.05, 0.1) is 19.9 Å². The molecule has 1 spiro atoms. The van der Waals surface area contributed by atoms with Crippen molar-refractivity contribution >= 4 is 12.0 Å². The molecular formula is C26H27N5O4. The minimum atomic E-state index is -0.814. The van der Waals surface area contributed by atoms with Crippen molar-refractivity contribution in [3.63, 3.8) is 0 Å². The zero-order valence-electron chi connectivity index (χ0n) is 19.8. The maximum absolute atomic E-state index is 13.4. The molecule has 1 aromatic carbocycles. The van der Waals surface area contributed by atoms with Crippen LogP contribution in [0.5, 0.6) is 5.75 Å². The van der Waals surface area contributed by atoms with Gasteiger partial charge in [0.2, 0.25) is 0 Å². The molecule has 1 atom stereocenters. The third kappa shape index (κ3) is 3.86. The number of piperidine rings is 1. The molecule has 0 N–H and O–H groups in total. The highest BCUT2D eigenvalue weighted by Gasteiger charge is 2.64. The number of pyridine rings is 1.